The molecule has 0 aliphatic heterocycles. The smallest absolute Gasteiger partial charge is 0.111 e. The van der Waals surface area contributed by atoms with Gasteiger partial charge in [0.15, 0.2) is 0 Å². The molecule has 0 spiro atoms. The van der Waals surface area contributed by atoms with Crippen LogP contribution in [-0.2, 0) is 0 Å². The van der Waals surface area contributed by atoms with Gasteiger partial charge in [-0.15, -0.1) is 0 Å². The Bertz CT molecular complexity index is 229. The van der Waals surface area contributed by atoms with E-state index >= 15 is 0 Å². The summed E-state index contributed by atoms with van der Waals surface area (Å²) in [5.74, 6) is 0. The SMILES string of the molecule is CN(SO)C1=CC(Br)CC=C1N. The van der Waals surface area contributed by atoms with Gasteiger partial charge in [0, 0.05) is 11.9 Å². The number of hydrogen-bond donors (Lipinski definition) is 2. The summed E-state index contributed by atoms with van der Waals surface area (Å²) in [6, 6.07) is 0. The summed E-state index contributed by atoms with van der Waals surface area (Å²) in [6.45, 7) is 0. The summed E-state index contributed by atoms with van der Waals surface area (Å²) < 4.78 is 10.4. The Morgan fingerprint density at radius 1 is 1.83 bits per heavy atom. The number of alkyl halides is 1. The normalized spacial score (nSPS) is 23.1. The minimum Gasteiger partial charge on any atom is -0.397 e. The van der Waals surface area contributed by atoms with E-state index in [4.69, 9.17) is 10.3 Å². The van der Waals surface area contributed by atoms with E-state index in [0.29, 0.717) is 17.1 Å². The molecule has 1 unspecified atom stereocenters. The predicted molar refractivity (Wildman–Crippen MR) is 55.7 cm³/mol. The monoisotopic (exact) mass is 250 g/mol. The number of rotatable bonds is 2. The molecule has 0 bridgehead atoms. The van der Waals surface area contributed by atoms with E-state index in [-0.39, 0.29) is 0 Å². The molecule has 68 valence electrons. The molecule has 5 heteroatoms. The van der Waals surface area contributed by atoms with Crippen molar-refractivity contribution in [2.24, 2.45) is 5.73 Å². The average molecular weight is 251 g/mol. The largest absolute Gasteiger partial charge is 0.397 e. The lowest BCUT2D eigenvalue weighted by Gasteiger charge is -2.22. The molecule has 3 N–H and O–H groups in total. The first-order valence-corrected chi connectivity index (χ1v) is 5.17. The summed E-state index contributed by atoms with van der Waals surface area (Å²) in [4.78, 5) is 0.314. The van der Waals surface area contributed by atoms with Crippen molar-refractivity contribution in [2.45, 2.75) is 11.2 Å². The van der Waals surface area contributed by atoms with Crippen LogP contribution in [0.2, 0.25) is 0 Å². The molecule has 0 amide bonds. The second-order valence-electron chi connectivity index (χ2n) is 2.54. The van der Waals surface area contributed by atoms with E-state index in [1.165, 1.54) is 0 Å². The zero-order chi connectivity index (χ0) is 9.14. The molecular weight excluding hydrogens is 240 g/mol. The third-order valence-electron chi connectivity index (χ3n) is 1.66. The van der Waals surface area contributed by atoms with Gasteiger partial charge in [-0.1, -0.05) is 22.0 Å². The van der Waals surface area contributed by atoms with E-state index in [1.807, 2.05) is 12.2 Å². The first-order valence-electron chi connectivity index (χ1n) is 3.52. The van der Waals surface area contributed by atoms with Gasteiger partial charge in [-0.05, 0) is 12.5 Å². The Balaban J connectivity index is 2.78. The zero-order valence-corrected chi connectivity index (χ0v) is 9.10. The summed E-state index contributed by atoms with van der Waals surface area (Å²) in [7, 11) is 1.77. The van der Waals surface area contributed by atoms with Crippen LogP contribution in [-0.4, -0.2) is 20.7 Å². The van der Waals surface area contributed by atoms with Crippen LogP contribution >= 0.6 is 28.2 Å². The second-order valence-corrected chi connectivity index (χ2v) is 4.43. The highest BCUT2D eigenvalue weighted by Gasteiger charge is 2.14. The molecule has 0 saturated carbocycles. The van der Waals surface area contributed by atoms with Crippen LogP contribution in [0, 0.1) is 0 Å². The Labute approximate surface area is 84.8 Å². The first kappa shape index (κ1) is 9.95. The van der Waals surface area contributed by atoms with Gasteiger partial charge in [-0.25, -0.2) is 0 Å². The second kappa shape index (κ2) is 4.20. The zero-order valence-electron chi connectivity index (χ0n) is 6.70. The van der Waals surface area contributed by atoms with Gasteiger partial charge in [0.05, 0.1) is 11.4 Å². The lowest BCUT2D eigenvalue weighted by atomic mass is 10.1. The topological polar surface area (TPSA) is 49.5 Å². The van der Waals surface area contributed by atoms with Crippen LogP contribution in [0.25, 0.3) is 0 Å². The van der Waals surface area contributed by atoms with E-state index in [1.54, 1.807) is 11.4 Å². The fourth-order valence-electron chi connectivity index (χ4n) is 1.01. The molecule has 0 fully saturated rings. The Hall–Kier alpha value is -0.130. The van der Waals surface area contributed by atoms with Crippen molar-refractivity contribution in [2.75, 3.05) is 7.05 Å². The fraction of sp³-hybridized carbons (Fsp3) is 0.429. The molecule has 1 aliphatic carbocycles. The number of nitrogens with zero attached hydrogens (tertiary/aromatic N) is 1. The fourth-order valence-corrected chi connectivity index (χ4v) is 1.70. The summed E-state index contributed by atoms with van der Waals surface area (Å²) in [5.41, 5.74) is 7.30. The van der Waals surface area contributed by atoms with Crippen molar-refractivity contribution in [3.05, 3.63) is 23.5 Å². The highest BCUT2D eigenvalue weighted by molar-refractivity contribution is 9.09. The quantitative estimate of drug-likeness (QED) is 0.447. The number of allylic oxidation sites excluding steroid dienone is 2. The molecule has 0 heterocycles. The van der Waals surface area contributed by atoms with Crippen molar-refractivity contribution < 1.29 is 4.55 Å². The lowest BCUT2D eigenvalue weighted by Crippen LogP contribution is -2.19. The molecule has 1 rings (SSSR count). The van der Waals surface area contributed by atoms with Crippen molar-refractivity contribution in [3.63, 3.8) is 0 Å². The molecule has 0 aromatic rings. The molecule has 0 saturated heterocycles. The van der Waals surface area contributed by atoms with Gasteiger partial charge < -0.3 is 10.3 Å². The maximum Gasteiger partial charge on any atom is 0.111 e. The highest BCUT2D eigenvalue weighted by atomic mass is 79.9. The van der Waals surface area contributed by atoms with Crippen molar-refractivity contribution >= 4 is 28.2 Å². The Morgan fingerprint density at radius 2 is 2.50 bits per heavy atom. The van der Waals surface area contributed by atoms with Gasteiger partial charge in [-0.3, -0.25) is 4.31 Å². The third kappa shape index (κ3) is 2.18. The number of likely N-dealkylation sites (N-methyl/N-ethyl adjacent to an activating group) is 1. The van der Waals surface area contributed by atoms with Crippen LogP contribution in [0.15, 0.2) is 23.5 Å². The van der Waals surface area contributed by atoms with E-state index in [9.17, 15) is 0 Å². The molecule has 1 atom stereocenters. The molecule has 12 heavy (non-hydrogen) atoms. The minimum atomic E-state index is 0.314. The first-order chi connectivity index (χ1) is 5.65. The molecular formula is C7H11BrN2OS. The standard InChI is InChI=1S/C7H11BrN2OS/c1-10(12-11)7-4-5(8)2-3-6(7)9/h3-5,11H,2,9H2,1H3. The van der Waals surface area contributed by atoms with Crippen molar-refractivity contribution in [3.8, 4) is 0 Å². The van der Waals surface area contributed by atoms with Crippen molar-refractivity contribution in [1.29, 1.82) is 0 Å². The van der Waals surface area contributed by atoms with E-state index in [0.717, 1.165) is 17.8 Å². The predicted octanol–water partition coefficient (Wildman–Crippen LogP) is 1.93. The maximum absolute atomic E-state index is 8.79. The molecule has 3 nitrogen and oxygen atoms in total. The van der Waals surface area contributed by atoms with Crippen LogP contribution in [0.3, 0.4) is 0 Å². The Kier molecular flexibility index (Phi) is 3.49. The highest BCUT2D eigenvalue weighted by Crippen LogP contribution is 2.24. The van der Waals surface area contributed by atoms with E-state index in [2.05, 4.69) is 15.9 Å². The van der Waals surface area contributed by atoms with Gasteiger partial charge >= 0.3 is 0 Å². The summed E-state index contributed by atoms with van der Waals surface area (Å²) in [6.07, 6.45) is 4.83. The summed E-state index contributed by atoms with van der Waals surface area (Å²) in [5, 5.41) is 0. The molecule has 0 radical (unpaired) electrons. The number of nitrogens with two attached hydrogens (primary N) is 1. The number of halogens is 1. The van der Waals surface area contributed by atoms with Gasteiger partial charge in [0.25, 0.3) is 0 Å². The van der Waals surface area contributed by atoms with Crippen LogP contribution in [0.1, 0.15) is 6.42 Å². The lowest BCUT2D eigenvalue weighted by molar-refractivity contribution is 0.581. The minimum absolute atomic E-state index is 0.314. The van der Waals surface area contributed by atoms with Crippen LogP contribution in [0.5, 0.6) is 0 Å². The number of hydrogen-bond acceptors (Lipinski definition) is 4. The van der Waals surface area contributed by atoms with Crippen LogP contribution < -0.4 is 5.73 Å². The van der Waals surface area contributed by atoms with Crippen LogP contribution in [0.4, 0.5) is 0 Å². The summed E-state index contributed by atoms with van der Waals surface area (Å²) >= 11 is 4.12. The van der Waals surface area contributed by atoms with Crippen molar-refractivity contribution in [1.82, 2.24) is 4.31 Å². The maximum atomic E-state index is 8.79. The molecule has 1 aliphatic rings. The van der Waals surface area contributed by atoms with E-state index < -0.39 is 0 Å². The van der Waals surface area contributed by atoms with Gasteiger partial charge in [0.1, 0.15) is 12.2 Å². The van der Waals surface area contributed by atoms with Gasteiger partial charge in [0.2, 0.25) is 0 Å². The van der Waals surface area contributed by atoms with Gasteiger partial charge in [-0.2, -0.15) is 0 Å². The Morgan fingerprint density at radius 3 is 3.08 bits per heavy atom. The molecule has 0 aromatic heterocycles. The third-order valence-corrected chi connectivity index (χ3v) is 2.74. The average Bonchev–Trinajstić information content (AvgIpc) is 2.08. The molecule has 0 aromatic carbocycles.